The zero-order valence-corrected chi connectivity index (χ0v) is 15.0. The zero-order valence-electron chi connectivity index (χ0n) is 14.2. The first kappa shape index (κ1) is 20.7. The summed E-state index contributed by atoms with van der Waals surface area (Å²) in [5.74, 6) is -0.521. The molecule has 25 heavy (non-hydrogen) atoms. The Balaban J connectivity index is 0.00000312. The van der Waals surface area contributed by atoms with Gasteiger partial charge in [-0.15, -0.1) is 12.4 Å². The van der Waals surface area contributed by atoms with Crippen LogP contribution >= 0.6 is 12.4 Å². The molecule has 0 radical (unpaired) electrons. The zero-order chi connectivity index (χ0) is 17.5. The van der Waals surface area contributed by atoms with Crippen LogP contribution in [0.5, 0.6) is 5.75 Å². The summed E-state index contributed by atoms with van der Waals surface area (Å²) in [6.07, 6.45) is 0. The topological polar surface area (TPSA) is 87.9 Å². The van der Waals surface area contributed by atoms with Crippen LogP contribution < -0.4 is 10.5 Å². The molecule has 136 valence electrons. The molecule has 2 aromatic rings. The van der Waals surface area contributed by atoms with Crippen LogP contribution in [0.15, 0.2) is 36.4 Å². The summed E-state index contributed by atoms with van der Waals surface area (Å²) in [6.45, 7) is 1.61. The monoisotopic (exact) mass is 367 g/mol. The first-order valence-electron chi connectivity index (χ1n) is 7.65. The highest BCUT2D eigenvalue weighted by Gasteiger charge is 2.17. The number of carbonyl (C=O) groups is 2. The number of esters is 2. The lowest BCUT2D eigenvalue weighted by molar-refractivity contribution is -0.152. The van der Waals surface area contributed by atoms with Crippen LogP contribution in [0.2, 0.25) is 0 Å². The summed E-state index contributed by atoms with van der Waals surface area (Å²) in [5.41, 5.74) is 5.97. The van der Waals surface area contributed by atoms with E-state index >= 15 is 0 Å². The predicted molar refractivity (Wildman–Crippen MR) is 97.1 cm³/mol. The lowest BCUT2D eigenvalue weighted by atomic mass is 9.98. The van der Waals surface area contributed by atoms with Crippen molar-refractivity contribution in [3.8, 4) is 5.75 Å². The quantitative estimate of drug-likeness (QED) is 0.597. The molecule has 2 aromatic carbocycles. The van der Waals surface area contributed by atoms with Crippen molar-refractivity contribution in [2.24, 2.45) is 5.73 Å². The third kappa shape index (κ3) is 5.62. The molecule has 1 atom stereocenters. The molecular formula is C18H22ClNO5. The molecule has 0 heterocycles. The van der Waals surface area contributed by atoms with Crippen LogP contribution in [0.1, 0.15) is 18.4 Å². The highest BCUT2D eigenvalue weighted by Crippen LogP contribution is 2.25. The second kappa shape index (κ2) is 9.86. The van der Waals surface area contributed by atoms with Crippen LogP contribution in [0.3, 0.4) is 0 Å². The minimum atomic E-state index is -0.524. The minimum Gasteiger partial charge on any atom is -0.497 e. The average molecular weight is 368 g/mol. The Morgan fingerprint density at radius 1 is 1.04 bits per heavy atom. The van der Waals surface area contributed by atoms with Crippen molar-refractivity contribution < 1.29 is 23.8 Å². The Kier molecular flexibility index (Phi) is 8.18. The Hall–Kier alpha value is -2.31. The number of benzene rings is 2. The fourth-order valence-corrected chi connectivity index (χ4v) is 2.26. The average Bonchev–Trinajstić information content (AvgIpc) is 2.63. The Morgan fingerprint density at radius 3 is 2.36 bits per heavy atom. The molecule has 0 saturated heterocycles. The molecule has 0 aliphatic rings. The van der Waals surface area contributed by atoms with Crippen molar-refractivity contribution in [3.63, 3.8) is 0 Å². The van der Waals surface area contributed by atoms with E-state index in [4.69, 9.17) is 19.9 Å². The van der Waals surface area contributed by atoms with E-state index in [1.165, 1.54) is 0 Å². The van der Waals surface area contributed by atoms with Gasteiger partial charge in [0.05, 0.1) is 19.6 Å². The second-order valence-electron chi connectivity index (χ2n) is 5.29. The van der Waals surface area contributed by atoms with E-state index in [2.05, 4.69) is 0 Å². The van der Waals surface area contributed by atoms with Crippen molar-refractivity contribution >= 4 is 35.1 Å². The van der Waals surface area contributed by atoms with E-state index in [-0.39, 0.29) is 38.1 Å². The van der Waals surface area contributed by atoms with Gasteiger partial charge in [-0.3, -0.25) is 9.59 Å². The number of fused-ring (bicyclic) bond motifs is 1. The van der Waals surface area contributed by atoms with Gasteiger partial charge in [-0.1, -0.05) is 24.3 Å². The molecule has 0 bridgehead atoms. The maximum Gasteiger partial charge on any atom is 0.319 e. The van der Waals surface area contributed by atoms with Gasteiger partial charge in [0.2, 0.25) is 0 Å². The van der Waals surface area contributed by atoms with E-state index in [0.29, 0.717) is 0 Å². The number of rotatable bonds is 7. The van der Waals surface area contributed by atoms with Crippen LogP contribution in [0, 0.1) is 0 Å². The maximum absolute atomic E-state index is 12.1. The molecular weight excluding hydrogens is 346 g/mol. The molecule has 1 unspecified atom stereocenters. The predicted octanol–water partition coefficient (Wildman–Crippen LogP) is 2.42. The van der Waals surface area contributed by atoms with Crippen LogP contribution in [-0.4, -0.2) is 38.8 Å². The van der Waals surface area contributed by atoms with Gasteiger partial charge in [0.1, 0.15) is 19.0 Å². The first-order chi connectivity index (χ1) is 11.5. The molecule has 2 N–H and O–H groups in total. The highest BCUT2D eigenvalue weighted by atomic mass is 35.5. The molecule has 6 nitrogen and oxygen atoms in total. The summed E-state index contributed by atoms with van der Waals surface area (Å²) in [7, 11) is 1.62. The van der Waals surface area contributed by atoms with Crippen molar-refractivity contribution in [3.05, 3.63) is 42.0 Å². The SMILES string of the molecule is COc1ccc2cc(C(C)C(=O)OCCOC(=O)CN)ccc2c1.Cl. The minimum absolute atomic E-state index is 0. The molecule has 0 fully saturated rings. The standard InChI is InChI=1S/C18H21NO5.ClH/c1-12(18(21)24-8-7-23-17(20)11-19)13-3-4-15-10-16(22-2)6-5-14(15)9-13;/h3-6,9-10,12H,7-8,11,19H2,1-2H3;1H. The molecule has 0 aliphatic carbocycles. The molecule has 0 amide bonds. The van der Waals surface area contributed by atoms with Crippen molar-refractivity contribution in [2.75, 3.05) is 26.9 Å². The summed E-state index contributed by atoms with van der Waals surface area (Å²) in [6, 6.07) is 11.5. The van der Waals surface area contributed by atoms with Gasteiger partial charge in [0, 0.05) is 0 Å². The largest absolute Gasteiger partial charge is 0.497 e. The summed E-state index contributed by atoms with van der Waals surface area (Å²) in [4.78, 5) is 23.0. The lowest BCUT2D eigenvalue weighted by Gasteiger charge is -2.13. The van der Waals surface area contributed by atoms with Crippen molar-refractivity contribution in [1.29, 1.82) is 0 Å². The number of ether oxygens (including phenoxy) is 3. The summed E-state index contributed by atoms with van der Waals surface area (Å²) >= 11 is 0. The van der Waals surface area contributed by atoms with Crippen LogP contribution in [-0.2, 0) is 19.1 Å². The number of methoxy groups -OCH3 is 1. The van der Waals surface area contributed by atoms with Gasteiger partial charge in [-0.25, -0.2) is 0 Å². The van der Waals surface area contributed by atoms with Gasteiger partial charge < -0.3 is 19.9 Å². The molecule has 0 saturated carbocycles. The normalized spacial score (nSPS) is 11.3. The Bertz CT molecular complexity index is 734. The molecule has 0 spiro atoms. The van der Waals surface area contributed by atoms with E-state index in [1.54, 1.807) is 14.0 Å². The Morgan fingerprint density at radius 2 is 1.68 bits per heavy atom. The first-order valence-corrected chi connectivity index (χ1v) is 7.65. The maximum atomic E-state index is 12.1. The lowest BCUT2D eigenvalue weighted by Crippen LogP contribution is -2.21. The van der Waals surface area contributed by atoms with E-state index in [1.807, 2.05) is 36.4 Å². The summed E-state index contributed by atoms with van der Waals surface area (Å²) in [5, 5.41) is 2.05. The van der Waals surface area contributed by atoms with Crippen LogP contribution in [0.25, 0.3) is 10.8 Å². The molecule has 0 aromatic heterocycles. The second-order valence-corrected chi connectivity index (χ2v) is 5.29. The van der Waals surface area contributed by atoms with Gasteiger partial charge >= 0.3 is 11.9 Å². The number of halogens is 1. The van der Waals surface area contributed by atoms with Gasteiger partial charge in [0.25, 0.3) is 0 Å². The van der Waals surface area contributed by atoms with E-state index in [0.717, 1.165) is 22.1 Å². The molecule has 2 rings (SSSR count). The fraction of sp³-hybridized carbons (Fsp3) is 0.333. The third-order valence-corrected chi connectivity index (χ3v) is 3.68. The van der Waals surface area contributed by atoms with E-state index < -0.39 is 11.9 Å². The number of nitrogens with two attached hydrogens (primary N) is 1. The van der Waals surface area contributed by atoms with Crippen LogP contribution in [0.4, 0.5) is 0 Å². The number of hydrogen-bond acceptors (Lipinski definition) is 6. The van der Waals surface area contributed by atoms with Gasteiger partial charge in [-0.05, 0) is 35.4 Å². The van der Waals surface area contributed by atoms with E-state index in [9.17, 15) is 9.59 Å². The summed E-state index contributed by atoms with van der Waals surface area (Å²) < 4.78 is 15.1. The molecule has 0 aliphatic heterocycles. The fourth-order valence-electron chi connectivity index (χ4n) is 2.26. The van der Waals surface area contributed by atoms with Gasteiger partial charge in [0.15, 0.2) is 0 Å². The molecule has 7 heteroatoms. The van der Waals surface area contributed by atoms with Gasteiger partial charge in [-0.2, -0.15) is 0 Å². The smallest absolute Gasteiger partial charge is 0.319 e. The Labute approximate surface area is 152 Å². The van der Waals surface area contributed by atoms with Crippen molar-refractivity contribution in [2.45, 2.75) is 12.8 Å². The highest BCUT2D eigenvalue weighted by molar-refractivity contribution is 5.87. The third-order valence-electron chi connectivity index (χ3n) is 3.68. The number of carbonyl (C=O) groups excluding carboxylic acids is 2. The number of hydrogen-bond donors (Lipinski definition) is 1. The van der Waals surface area contributed by atoms with Crippen molar-refractivity contribution in [1.82, 2.24) is 0 Å².